The SMILES string of the molecule is Cc1ccc(-n2c(C)cc(/C=N\NC(=O)c3ccc(C(C)(C)C)cc3)c2C)cc1Br. The van der Waals surface area contributed by atoms with Crippen molar-refractivity contribution in [1.29, 1.82) is 0 Å². The van der Waals surface area contributed by atoms with Crippen LogP contribution in [0.5, 0.6) is 0 Å². The van der Waals surface area contributed by atoms with Crippen molar-refractivity contribution in [3.05, 3.63) is 86.6 Å². The van der Waals surface area contributed by atoms with Crippen LogP contribution in [0.2, 0.25) is 0 Å². The molecule has 1 aromatic heterocycles. The Balaban J connectivity index is 1.75. The van der Waals surface area contributed by atoms with Gasteiger partial charge in [-0.3, -0.25) is 4.79 Å². The second kappa shape index (κ2) is 8.60. The second-order valence-corrected chi connectivity index (χ2v) is 9.48. The van der Waals surface area contributed by atoms with Gasteiger partial charge in [0.25, 0.3) is 5.91 Å². The van der Waals surface area contributed by atoms with E-state index in [-0.39, 0.29) is 11.3 Å². The lowest BCUT2D eigenvalue weighted by atomic mass is 9.87. The summed E-state index contributed by atoms with van der Waals surface area (Å²) < 4.78 is 3.26. The van der Waals surface area contributed by atoms with Crippen LogP contribution in [0, 0.1) is 20.8 Å². The van der Waals surface area contributed by atoms with Gasteiger partial charge in [0, 0.05) is 32.7 Å². The Kier molecular flexibility index (Phi) is 6.32. The largest absolute Gasteiger partial charge is 0.318 e. The molecule has 1 N–H and O–H groups in total. The molecule has 1 amide bonds. The van der Waals surface area contributed by atoms with Gasteiger partial charge < -0.3 is 4.57 Å². The zero-order valence-electron chi connectivity index (χ0n) is 18.4. The van der Waals surface area contributed by atoms with Gasteiger partial charge in [-0.2, -0.15) is 5.10 Å². The molecule has 5 heteroatoms. The van der Waals surface area contributed by atoms with Gasteiger partial charge in [-0.1, -0.05) is 54.9 Å². The zero-order valence-corrected chi connectivity index (χ0v) is 20.0. The van der Waals surface area contributed by atoms with Crippen LogP contribution in [0.3, 0.4) is 0 Å². The van der Waals surface area contributed by atoms with Gasteiger partial charge in [0.1, 0.15) is 0 Å². The fourth-order valence-corrected chi connectivity index (χ4v) is 3.75. The molecular weight excluding hydrogens is 438 g/mol. The van der Waals surface area contributed by atoms with Crippen LogP contribution in [0.15, 0.2) is 58.1 Å². The number of nitrogens with zero attached hydrogens (tertiary/aromatic N) is 2. The average molecular weight is 466 g/mol. The third-order valence-electron chi connectivity index (χ3n) is 5.27. The van der Waals surface area contributed by atoms with Gasteiger partial charge in [-0.15, -0.1) is 0 Å². The smallest absolute Gasteiger partial charge is 0.271 e. The lowest BCUT2D eigenvalue weighted by molar-refractivity contribution is 0.0955. The van der Waals surface area contributed by atoms with Crippen LogP contribution in [0.4, 0.5) is 0 Å². The van der Waals surface area contributed by atoms with Crippen molar-refractivity contribution in [3.63, 3.8) is 0 Å². The van der Waals surface area contributed by atoms with Crippen molar-refractivity contribution < 1.29 is 4.79 Å². The van der Waals surface area contributed by atoms with Crippen molar-refractivity contribution in [3.8, 4) is 5.69 Å². The highest BCUT2D eigenvalue weighted by Crippen LogP contribution is 2.25. The maximum atomic E-state index is 12.4. The summed E-state index contributed by atoms with van der Waals surface area (Å²) in [6.45, 7) is 12.6. The predicted molar refractivity (Wildman–Crippen MR) is 128 cm³/mol. The Labute approximate surface area is 187 Å². The molecule has 0 aliphatic rings. The van der Waals surface area contributed by atoms with Gasteiger partial charge in [-0.05, 0) is 67.6 Å². The molecule has 3 aromatic rings. The van der Waals surface area contributed by atoms with Crippen molar-refractivity contribution in [1.82, 2.24) is 9.99 Å². The third kappa shape index (κ3) is 4.73. The summed E-state index contributed by atoms with van der Waals surface area (Å²) in [6, 6.07) is 16.0. The van der Waals surface area contributed by atoms with Crippen molar-refractivity contribution >= 4 is 28.1 Å². The highest BCUT2D eigenvalue weighted by Gasteiger charge is 2.14. The Bertz CT molecular complexity index is 1100. The normalized spacial score (nSPS) is 11.8. The molecule has 2 aromatic carbocycles. The average Bonchev–Trinajstić information content (AvgIpc) is 2.97. The molecule has 0 saturated carbocycles. The molecule has 156 valence electrons. The zero-order chi connectivity index (χ0) is 22.1. The number of halogens is 1. The first-order valence-electron chi connectivity index (χ1n) is 9.97. The fraction of sp³-hybridized carbons (Fsp3) is 0.280. The highest BCUT2D eigenvalue weighted by molar-refractivity contribution is 9.10. The Morgan fingerprint density at radius 3 is 2.30 bits per heavy atom. The van der Waals surface area contributed by atoms with E-state index in [1.165, 1.54) is 11.1 Å². The molecule has 0 aliphatic heterocycles. The van der Waals surface area contributed by atoms with Crippen LogP contribution < -0.4 is 5.43 Å². The first kappa shape index (κ1) is 22.0. The van der Waals surface area contributed by atoms with E-state index in [4.69, 9.17) is 0 Å². The first-order chi connectivity index (χ1) is 14.1. The number of aromatic nitrogens is 1. The minimum absolute atomic E-state index is 0.0583. The van der Waals surface area contributed by atoms with E-state index < -0.39 is 0 Å². The summed E-state index contributed by atoms with van der Waals surface area (Å²) in [5.74, 6) is -0.219. The van der Waals surface area contributed by atoms with Crippen molar-refractivity contribution in [2.75, 3.05) is 0 Å². The Hall–Kier alpha value is -2.66. The van der Waals surface area contributed by atoms with Crippen molar-refractivity contribution in [2.24, 2.45) is 5.10 Å². The molecule has 3 rings (SSSR count). The van der Waals surface area contributed by atoms with Gasteiger partial charge >= 0.3 is 0 Å². The predicted octanol–water partition coefficient (Wildman–Crippen LogP) is 6.23. The minimum atomic E-state index is -0.219. The molecule has 0 unspecified atom stereocenters. The van der Waals surface area contributed by atoms with Crippen LogP contribution >= 0.6 is 15.9 Å². The van der Waals surface area contributed by atoms with Gasteiger partial charge in [0.05, 0.1) is 6.21 Å². The molecule has 1 heterocycles. The quantitative estimate of drug-likeness (QED) is 0.360. The molecule has 0 fully saturated rings. The van der Waals surface area contributed by atoms with Gasteiger partial charge in [0.15, 0.2) is 0 Å². The molecule has 30 heavy (non-hydrogen) atoms. The van der Waals surface area contributed by atoms with Crippen molar-refractivity contribution in [2.45, 2.75) is 47.0 Å². The van der Waals surface area contributed by atoms with E-state index in [0.29, 0.717) is 5.56 Å². The van der Waals surface area contributed by atoms with E-state index in [1.54, 1.807) is 6.21 Å². The molecular formula is C25H28BrN3O. The lowest BCUT2D eigenvalue weighted by Crippen LogP contribution is -2.18. The highest BCUT2D eigenvalue weighted by atomic mass is 79.9. The number of rotatable bonds is 4. The monoisotopic (exact) mass is 465 g/mol. The van der Waals surface area contributed by atoms with E-state index in [0.717, 1.165) is 27.1 Å². The van der Waals surface area contributed by atoms with E-state index in [9.17, 15) is 4.79 Å². The maximum Gasteiger partial charge on any atom is 0.271 e. The summed E-state index contributed by atoms with van der Waals surface area (Å²) in [4.78, 5) is 12.4. The number of hydrazone groups is 1. The number of carbonyl (C=O) groups excluding carboxylic acids is 1. The number of nitrogens with one attached hydrogen (secondary N) is 1. The van der Waals surface area contributed by atoms with E-state index >= 15 is 0 Å². The van der Waals surface area contributed by atoms with Crippen LogP contribution in [-0.2, 0) is 5.41 Å². The first-order valence-corrected chi connectivity index (χ1v) is 10.8. The molecule has 0 aliphatic carbocycles. The molecule has 0 bridgehead atoms. The van der Waals surface area contributed by atoms with Gasteiger partial charge in [-0.25, -0.2) is 5.43 Å². The molecule has 4 nitrogen and oxygen atoms in total. The number of benzene rings is 2. The van der Waals surface area contributed by atoms with E-state index in [1.807, 2.05) is 24.3 Å². The number of carbonyl (C=O) groups is 1. The number of hydrogen-bond donors (Lipinski definition) is 1. The third-order valence-corrected chi connectivity index (χ3v) is 6.12. The summed E-state index contributed by atoms with van der Waals surface area (Å²) in [6.07, 6.45) is 1.70. The molecule has 0 atom stereocenters. The Morgan fingerprint density at radius 2 is 1.70 bits per heavy atom. The topological polar surface area (TPSA) is 46.4 Å². The summed E-state index contributed by atoms with van der Waals surface area (Å²) in [7, 11) is 0. The van der Waals surface area contributed by atoms with Crippen LogP contribution in [0.25, 0.3) is 5.69 Å². The maximum absolute atomic E-state index is 12.4. The second-order valence-electron chi connectivity index (χ2n) is 8.62. The van der Waals surface area contributed by atoms with Crippen LogP contribution in [0.1, 0.15) is 59.2 Å². The molecule has 0 saturated heterocycles. The fourth-order valence-electron chi connectivity index (χ4n) is 3.38. The van der Waals surface area contributed by atoms with Crippen LogP contribution in [-0.4, -0.2) is 16.7 Å². The molecule has 0 spiro atoms. The Morgan fingerprint density at radius 1 is 1.03 bits per heavy atom. The lowest BCUT2D eigenvalue weighted by Gasteiger charge is -2.18. The summed E-state index contributed by atoms with van der Waals surface area (Å²) in [5, 5.41) is 4.18. The molecule has 0 radical (unpaired) electrons. The minimum Gasteiger partial charge on any atom is -0.318 e. The standard InChI is InChI=1S/C25H28BrN3O/c1-16-7-12-22(14-23(16)26)29-17(2)13-20(18(29)3)15-27-28-24(30)19-8-10-21(11-9-19)25(4,5)6/h7-15H,1-6H3,(H,28,30)/b27-15-. The summed E-state index contributed by atoms with van der Waals surface area (Å²) >= 11 is 3.61. The van der Waals surface area contributed by atoms with E-state index in [2.05, 4.69) is 96.8 Å². The summed E-state index contributed by atoms with van der Waals surface area (Å²) in [5.41, 5.74) is 9.89. The number of amides is 1. The number of hydrogen-bond acceptors (Lipinski definition) is 2. The van der Waals surface area contributed by atoms with Gasteiger partial charge in [0.2, 0.25) is 0 Å². The number of aryl methyl sites for hydroxylation is 2.